The standard InChI is InChI=1S/C11H16/c1-2-3-4-5-8-11-9-6-7-10-11/h3-8,11H,2,9-10H2,1H3/b4-3-,8-5+. The first-order valence-electron chi connectivity index (χ1n) is 4.42. The first kappa shape index (κ1) is 8.32. The van der Waals surface area contributed by atoms with Crippen molar-refractivity contribution in [1.29, 1.82) is 0 Å². The first-order chi connectivity index (χ1) is 5.43. The van der Waals surface area contributed by atoms with Gasteiger partial charge >= 0.3 is 0 Å². The van der Waals surface area contributed by atoms with Crippen LogP contribution in [0.5, 0.6) is 0 Å². The van der Waals surface area contributed by atoms with Crippen molar-refractivity contribution in [3.8, 4) is 0 Å². The van der Waals surface area contributed by atoms with Gasteiger partial charge < -0.3 is 0 Å². The predicted molar refractivity (Wildman–Crippen MR) is 50.4 cm³/mol. The summed E-state index contributed by atoms with van der Waals surface area (Å²) in [7, 11) is 0. The molecule has 0 heteroatoms. The second-order valence-corrected chi connectivity index (χ2v) is 2.92. The Labute approximate surface area is 69.3 Å². The maximum atomic E-state index is 2.30. The SMILES string of the molecule is CC/C=C\C=C\C1CC=CC1. The van der Waals surface area contributed by atoms with Crippen molar-refractivity contribution < 1.29 is 0 Å². The summed E-state index contributed by atoms with van der Waals surface area (Å²) in [6.07, 6.45) is 16.9. The van der Waals surface area contributed by atoms with Crippen LogP contribution in [0.2, 0.25) is 0 Å². The van der Waals surface area contributed by atoms with Gasteiger partial charge in [0.1, 0.15) is 0 Å². The van der Waals surface area contributed by atoms with Crippen LogP contribution in [0.3, 0.4) is 0 Å². The molecule has 0 saturated heterocycles. The van der Waals surface area contributed by atoms with Crippen LogP contribution in [0.1, 0.15) is 26.2 Å². The smallest absolute Gasteiger partial charge is 0.0161 e. The lowest BCUT2D eigenvalue weighted by Gasteiger charge is -1.97. The van der Waals surface area contributed by atoms with Crippen molar-refractivity contribution in [2.45, 2.75) is 26.2 Å². The van der Waals surface area contributed by atoms with Crippen LogP contribution in [0.15, 0.2) is 36.5 Å². The van der Waals surface area contributed by atoms with Crippen molar-refractivity contribution >= 4 is 0 Å². The van der Waals surface area contributed by atoms with Crippen molar-refractivity contribution in [1.82, 2.24) is 0 Å². The molecule has 0 saturated carbocycles. The lowest BCUT2D eigenvalue weighted by molar-refractivity contribution is 0.716. The fourth-order valence-corrected chi connectivity index (χ4v) is 1.23. The highest BCUT2D eigenvalue weighted by molar-refractivity contribution is 5.08. The summed E-state index contributed by atoms with van der Waals surface area (Å²) in [6, 6.07) is 0. The van der Waals surface area contributed by atoms with Crippen LogP contribution in [-0.2, 0) is 0 Å². The van der Waals surface area contributed by atoms with Gasteiger partial charge in [-0.15, -0.1) is 0 Å². The Bertz CT molecular complexity index is 164. The third kappa shape index (κ3) is 3.22. The Morgan fingerprint density at radius 3 is 2.64 bits per heavy atom. The van der Waals surface area contributed by atoms with Gasteiger partial charge in [0.15, 0.2) is 0 Å². The molecule has 0 unspecified atom stereocenters. The molecule has 0 radical (unpaired) electrons. The van der Waals surface area contributed by atoms with Crippen LogP contribution >= 0.6 is 0 Å². The van der Waals surface area contributed by atoms with E-state index in [9.17, 15) is 0 Å². The lowest BCUT2D eigenvalue weighted by atomic mass is 10.1. The first-order valence-corrected chi connectivity index (χ1v) is 4.42. The van der Waals surface area contributed by atoms with E-state index in [1.54, 1.807) is 0 Å². The van der Waals surface area contributed by atoms with E-state index < -0.39 is 0 Å². The van der Waals surface area contributed by atoms with E-state index in [1.165, 1.54) is 12.8 Å². The average molecular weight is 148 g/mol. The van der Waals surface area contributed by atoms with Gasteiger partial charge in [-0.2, -0.15) is 0 Å². The van der Waals surface area contributed by atoms with Gasteiger partial charge in [0, 0.05) is 0 Å². The van der Waals surface area contributed by atoms with E-state index in [1.807, 2.05) is 0 Å². The molecule has 0 N–H and O–H groups in total. The fraction of sp³-hybridized carbons (Fsp3) is 0.455. The van der Waals surface area contributed by atoms with Gasteiger partial charge in [0.25, 0.3) is 0 Å². The molecular formula is C11H16. The number of allylic oxidation sites excluding steroid dienone is 6. The van der Waals surface area contributed by atoms with Crippen LogP contribution in [0, 0.1) is 5.92 Å². The zero-order chi connectivity index (χ0) is 7.94. The molecule has 1 aliphatic carbocycles. The quantitative estimate of drug-likeness (QED) is 0.424. The van der Waals surface area contributed by atoms with Crippen molar-refractivity contribution in [3.05, 3.63) is 36.5 Å². The largest absolute Gasteiger partial charge is 0.0879 e. The minimum absolute atomic E-state index is 0.775. The van der Waals surface area contributed by atoms with Gasteiger partial charge in [-0.1, -0.05) is 43.4 Å². The molecule has 0 aliphatic heterocycles. The summed E-state index contributed by atoms with van der Waals surface area (Å²) < 4.78 is 0. The van der Waals surface area contributed by atoms with Crippen molar-refractivity contribution in [2.24, 2.45) is 5.92 Å². The molecule has 0 amide bonds. The van der Waals surface area contributed by atoms with Gasteiger partial charge in [-0.3, -0.25) is 0 Å². The number of rotatable bonds is 3. The Balaban J connectivity index is 2.19. The molecule has 0 atom stereocenters. The Morgan fingerprint density at radius 2 is 2.00 bits per heavy atom. The van der Waals surface area contributed by atoms with Gasteiger partial charge in [0.2, 0.25) is 0 Å². The molecule has 0 aromatic heterocycles. The highest BCUT2D eigenvalue weighted by atomic mass is 14.1. The second-order valence-electron chi connectivity index (χ2n) is 2.92. The number of hydrogen-bond donors (Lipinski definition) is 0. The van der Waals surface area contributed by atoms with E-state index in [4.69, 9.17) is 0 Å². The summed E-state index contributed by atoms with van der Waals surface area (Å²) >= 11 is 0. The Morgan fingerprint density at radius 1 is 1.27 bits per heavy atom. The Hall–Kier alpha value is -0.780. The third-order valence-corrected chi connectivity index (χ3v) is 1.91. The van der Waals surface area contributed by atoms with Crippen LogP contribution in [0.25, 0.3) is 0 Å². The molecule has 0 aromatic rings. The molecule has 0 heterocycles. The van der Waals surface area contributed by atoms with Gasteiger partial charge in [-0.25, -0.2) is 0 Å². The molecule has 1 rings (SSSR count). The normalized spacial score (nSPS) is 19.4. The fourth-order valence-electron chi connectivity index (χ4n) is 1.23. The molecule has 0 spiro atoms. The maximum absolute atomic E-state index is 2.30. The summed E-state index contributed by atoms with van der Waals surface area (Å²) in [5.74, 6) is 0.775. The summed E-state index contributed by atoms with van der Waals surface area (Å²) in [6.45, 7) is 2.15. The highest BCUT2D eigenvalue weighted by Crippen LogP contribution is 2.18. The third-order valence-electron chi connectivity index (χ3n) is 1.91. The van der Waals surface area contributed by atoms with Gasteiger partial charge in [-0.05, 0) is 25.2 Å². The molecule has 0 fully saturated rings. The molecule has 0 bridgehead atoms. The van der Waals surface area contributed by atoms with Crippen LogP contribution < -0.4 is 0 Å². The predicted octanol–water partition coefficient (Wildman–Crippen LogP) is 3.48. The van der Waals surface area contributed by atoms with E-state index in [0.717, 1.165) is 12.3 Å². The highest BCUT2D eigenvalue weighted by Gasteiger charge is 2.03. The molecule has 0 nitrogen and oxygen atoms in total. The van der Waals surface area contributed by atoms with Crippen molar-refractivity contribution in [2.75, 3.05) is 0 Å². The molecular weight excluding hydrogens is 132 g/mol. The minimum atomic E-state index is 0.775. The lowest BCUT2D eigenvalue weighted by Crippen LogP contribution is -1.84. The second kappa shape index (κ2) is 4.95. The zero-order valence-corrected chi connectivity index (χ0v) is 7.16. The van der Waals surface area contributed by atoms with Crippen molar-refractivity contribution in [3.63, 3.8) is 0 Å². The minimum Gasteiger partial charge on any atom is -0.0879 e. The number of hydrogen-bond acceptors (Lipinski definition) is 0. The van der Waals surface area contributed by atoms with Crippen LogP contribution in [0.4, 0.5) is 0 Å². The van der Waals surface area contributed by atoms with E-state index in [0.29, 0.717) is 0 Å². The van der Waals surface area contributed by atoms with E-state index in [-0.39, 0.29) is 0 Å². The van der Waals surface area contributed by atoms with Gasteiger partial charge in [0.05, 0.1) is 0 Å². The maximum Gasteiger partial charge on any atom is -0.0161 e. The monoisotopic (exact) mass is 148 g/mol. The molecule has 11 heavy (non-hydrogen) atoms. The molecule has 0 aromatic carbocycles. The molecule has 1 aliphatic rings. The molecule has 60 valence electrons. The van der Waals surface area contributed by atoms with E-state index in [2.05, 4.69) is 43.4 Å². The Kier molecular flexibility index (Phi) is 3.74. The zero-order valence-electron chi connectivity index (χ0n) is 7.16. The van der Waals surface area contributed by atoms with E-state index >= 15 is 0 Å². The summed E-state index contributed by atoms with van der Waals surface area (Å²) in [5.41, 5.74) is 0. The summed E-state index contributed by atoms with van der Waals surface area (Å²) in [4.78, 5) is 0. The topological polar surface area (TPSA) is 0 Å². The van der Waals surface area contributed by atoms with Crippen LogP contribution in [-0.4, -0.2) is 0 Å². The average Bonchev–Trinajstić information content (AvgIpc) is 2.50. The summed E-state index contributed by atoms with van der Waals surface area (Å²) in [5, 5.41) is 0.